The third-order valence-corrected chi connectivity index (χ3v) is 6.00. The molecule has 0 bridgehead atoms. The van der Waals surface area contributed by atoms with Crippen molar-refractivity contribution in [3.8, 4) is 0 Å². The molecule has 1 saturated carbocycles. The van der Waals surface area contributed by atoms with Crippen LogP contribution in [0.4, 0.5) is 0 Å². The molecule has 0 aliphatic heterocycles. The fourth-order valence-corrected chi connectivity index (χ4v) is 5.29. The Labute approximate surface area is 129 Å². The zero-order valence-corrected chi connectivity index (χ0v) is 14.5. The molecule has 1 aromatic carbocycles. The maximum Gasteiger partial charge on any atom is 0.241 e. The lowest BCUT2D eigenvalue weighted by Crippen LogP contribution is -2.43. The summed E-state index contributed by atoms with van der Waals surface area (Å²) in [5.74, 6) is 0.556. The maximum absolute atomic E-state index is 12.7. The average molecular weight is 309 g/mol. The van der Waals surface area contributed by atoms with E-state index in [0.29, 0.717) is 10.8 Å². The first-order valence-electron chi connectivity index (χ1n) is 7.69. The van der Waals surface area contributed by atoms with E-state index in [4.69, 9.17) is 0 Å². The van der Waals surface area contributed by atoms with E-state index < -0.39 is 10.0 Å². The van der Waals surface area contributed by atoms with Gasteiger partial charge in [-0.2, -0.15) is 0 Å². The van der Waals surface area contributed by atoms with Crippen molar-refractivity contribution in [3.05, 3.63) is 29.3 Å². The van der Waals surface area contributed by atoms with Gasteiger partial charge in [-0.25, -0.2) is 13.1 Å². The van der Waals surface area contributed by atoms with Crippen LogP contribution in [0.3, 0.4) is 0 Å². The van der Waals surface area contributed by atoms with Crippen molar-refractivity contribution < 1.29 is 8.42 Å². The summed E-state index contributed by atoms with van der Waals surface area (Å²) in [5.41, 5.74) is 1.97. The number of sulfonamides is 1. The summed E-state index contributed by atoms with van der Waals surface area (Å²) in [4.78, 5) is 0.415. The van der Waals surface area contributed by atoms with Gasteiger partial charge in [0, 0.05) is 6.04 Å². The topological polar surface area (TPSA) is 46.2 Å². The monoisotopic (exact) mass is 309 g/mol. The van der Waals surface area contributed by atoms with E-state index in [1.165, 1.54) is 0 Å². The molecule has 4 heteroatoms. The molecule has 1 fully saturated rings. The van der Waals surface area contributed by atoms with Gasteiger partial charge in [0.05, 0.1) is 4.90 Å². The van der Waals surface area contributed by atoms with E-state index in [0.717, 1.165) is 30.4 Å². The van der Waals surface area contributed by atoms with E-state index in [2.05, 4.69) is 25.5 Å². The van der Waals surface area contributed by atoms with Gasteiger partial charge < -0.3 is 0 Å². The van der Waals surface area contributed by atoms with Gasteiger partial charge in [-0.15, -0.1) is 0 Å². The van der Waals surface area contributed by atoms with Crippen LogP contribution < -0.4 is 4.72 Å². The Hall–Kier alpha value is -0.870. The lowest BCUT2D eigenvalue weighted by Gasteiger charge is -2.39. The van der Waals surface area contributed by atoms with Crippen LogP contribution in [0.25, 0.3) is 0 Å². The molecule has 0 heterocycles. The van der Waals surface area contributed by atoms with Gasteiger partial charge in [-0.1, -0.05) is 32.9 Å². The van der Waals surface area contributed by atoms with Gasteiger partial charge in [0.25, 0.3) is 0 Å². The molecule has 118 valence electrons. The molecule has 0 radical (unpaired) electrons. The van der Waals surface area contributed by atoms with E-state index in [-0.39, 0.29) is 11.5 Å². The number of nitrogens with one attached hydrogen (secondary N) is 1. The minimum absolute atomic E-state index is 0.0358. The van der Waals surface area contributed by atoms with Gasteiger partial charge in [0.15, 0.2) is 0 Å². The molecule has 0 amide bonds. The first kappa shape index (κ1) is 16.5. The fraction of sp³-hybridized carbons (Fsp3) is 0.647. The van der Waals surface area contributed by atoms with Gasteiger partial charge in [0.1, 0.15) is 0 Å². The van der Waals surface area contributed by atoms with E-state index in [9.17, 15) is 8.42 Å². The molecule has 21 heavy (non-hydrogen) atoms. The van der Waals surface area contributed by atoms with Crippen LogP contribution >= 0.6 is 0 Å². The SMILES string of the molecule is Cc1ccc(C)c(S(=O)(=O)NC2CC(C)CC(C)(C)C2)c1. The summed E-state index contributed by atoms with van der Waals surface area (Å²) < 4.78 is 28.3. The summed E-state index contributed by atoms with van der Waals surface area (Å²) in [5, 5.41) is 0. The smallest absolute Gasteiger partial charge is 0.208 e. The van der Waals surface area contributed by atoms with Crippen molar-refractivity contribution in [3.63, 3.8) is 0 Å². The Morgan fingerprint density at radius 1 is 1.19 bits per heavy atom. The second-order valence-electron chi connectivity index (χ2n) is 7.50. The highest BCUT2D eigenvalue weighted by atomic mass is 32.2. The molecule has 0 aromatic heterocycles. The molecule has 2 rings (SSSR count). The lowest BCUT2D eigenvalue weighted by atomic mass is 9.71. The first-order valence-corrected chi connectivity index (χ1v) is 9.17. The molecule has 2 unspecified atom stereocenters. The van der Waals surface area contributed by atoms with Crippen molar-refractivity contribution in [1.29, 1.82) is 0 Å². The van der Waals surface area contributed by atoms with E-state index in [1.807, 2.05) is 26.0 Å². The number of hydrogen-bond donors (Lipinski definition) is 1. The molecule has 2 atom stereocenters. The van der Waals surface area contributed by atoms with Gasteiger partial charge in [0.2, 0.25) is 10.0 Å². The van der Waals surface area contributed by atoms with Crippen molar-refractivity contribution in [2.45, 2.75) is 64.8 Å². The third kappa shape index (κ3) is 4.07. The Kier molecular flexibility index (Phi) is 4.50. The summed E-state index contributed by atoms with van der Waals surface area (Å²) in [6, 6.07) is 5.61. The second kappa shape index (κ2) is 5.73. The molecular weight excluding hydrogens is 282 g/mol. The summed E-state index contributed by atoms with van der Waals surface area (Å²) in [6.07, 6.45) is 2.99. The van der Waals surface area contributed by atoms with Crippen molar-refractivity contribution in [1.82, 2.24) is 4.72 Å². The third-order valence-electron chi connectivity index (χ3n) is 4.34. The first-order chi connectivity index (χ1) is 9.59. The fourth-order valence-electron chi connectivity index (χ4n) is 3.72. The Morgan fingerprint density at radius 2 is 1.86 bits per heavy atom. The second-order valence-corrected chi connectivity index (χ2v) is 9.18. The van der Waals surface area contributed by atoms with Crippen LogP contribution in [0.5, 0.6) is 0 Å². The molecule has 1 aromatic rings. The highest BCUT2D eigenvalue weighted by Gasteiger charge is 2.34. The molecule has 1 aliphatic carbocycles. The number of benzene rings is 1. The summed E-state index contributed by atoms with van der Waals surface area (Å²) in [7, 11) is -3.44. The Balaban J connectivity index is 2.23. The van der Waals surface area contributed by atoms with Crippen LogP contribution in [0.15, 0.2) is 23.1 Å². The lowest BCUT2D eigenvalue weighted by molar-refractivity contribution is 0.163. The molecule has 0 spiro atoms. The average Bonchev–Trinajstić information content (AvgIpc) is 2.28. The van der Waals surface area contributed by atoms with Crippen LogP contribution in [0.2, 0.25) is 0 Å². The minimum Gasteiger partial charge on any atom is -0.208 e. The summed E-state index contributed by atoms with van der Waals surface area (Å²) in [6.45, 7) is 10.4. The van der Waals surface area contributed by atoms with Crippen molar-refractivity contribution >= 4 is 10.0 Å². The number of aryl methyl sites for hydroxylation is 2. The predicted molar refractivity (Wildman–Crippen MR) is 86.8 cm³/mol. The normalized spacial score (nSPS) is 25.8. The molecule has 3 nitrogen and oxygen atoms in total. The molecule has 0 saturated heterocycles. The predicted octanol–water partition coefficient (Wildman–Crippen LogP) is 3.80. The van der Waals surface area contributed by atoms with Crippen LogP contribution in [-0.2, 0) is 10.0 Å². The highest BCUT2D eigenvalue weighted by molar-refractivity contribution is 7.89. The molecular formula is C17H27NO2S. The van der Waals surface area contributed by atoms with Crippen molar-refractivity contribution in [2.75, 3.05) is 0 Å². The van der Waals surface area contributed by atoms with Crippen LogP contribution in [0, 0.1) is 25.2 Å². The standard InChI is InChI=1S/C17H27NO2S/c1-12-6-7-14(3)16(9-12)21(19,20)18-15-8-13(2)10-17(4,5)11-15/h6-7,9,13,15,18H,8,10-11H2,1-5H3. The minimum atomic E-state index is -3.44. The Morgan fingerprint density at radius 3 is 2.48 bits per heavy atom. The largest absolute Gasteiger partial charge is 0.241 e. The zero-order chi connectivity index (χ0) is 15.8. The van der Waals surface area contributed by atoms with Gasteiger partial charge >= 0.3 is 0 Å². The quantitative estimate of drug-likeness (QED) is 0.923. The van der Waals surface area contributed by atoms with Crippen LogP contribution in [0.1, 0.15) is 51.2 Å². The summed E-state index contributed by atoms with van der Waals surface area (Å²) >= 11 is 0. The number of rotatable bonds is 3. The molecule has 1 aliphatic rings. The van der Waals surface area contributed by atoms with Crippen molar-refractivity contribution in [2.24, 2.45) is 11.3 Å². The molecule has 1 N–H and O–H groups in total. The Bertz CT molecular complexity index is 620. The highest BCUT2D eigenvalue weighted by Crippen LogP contribution is 2.39. The van der Waals surface area contributed by atoms with E-state index in [1.54, 1.807) is 6.07 Å². The van der Waals surface area contributed by atoms with Gasteiger partial charge in [-0.3, -0.25) is 0 Å². The van der Waals surface area contributed by atoms with Gasteiger partial charge in [-0.05, 0) is 61.6 Å². The van der Waals surface area contributed by atoms with E-state index >= 15 is 0 Å². The number of hydrogen-bond acceptors (Lipinski definition) is 2. The maximum atomic E-state index is 12.7. The zero-order valence-electron chi connectivity index (χ0n) is 13.7. The van der Waals surface area contributed by atoms with Crippen LogP contribution in [-0.4, -0.2) is 14.5 Å².